The van der Waals surface area contributed by atoms with Gasteiger partial charge < -0.3 is 10.2 Å². The molecule has 0 bridgehead atoms. The molecule has 0 aliphatic carbocycles. The Morgan fingerprint density at radius 2 is 1.14 bits per heavy atom. The normalized spacial score (nSPS) is 12.6. The molecule has 1 rings (SSSR count). The fraction of sp³-hybridized carbons (Fsp3) is 0.700. The minimum Gasteiger partial charge on any atom is -0.508 e. The molecule has 0 radical (unpaired) electrons. The molecular formula is C20H34O2. The summed E-state index contributed by atoms with van der Waals surface area (Å²) in [5, 5.41) is 20.4. The largest absolute Gasteiger partial charge is 0.508 e. The highest BCUT2D eigenvalue weighted by atomic mass is 16.3. The third kappa shape index (κ3) is 7.20. The lowest BCUT2D eigenvalue weighted by Crippen LogP contribution is -2.05. The maximum atomic E-state index is 10.2. The zero-order valence-electron chi connectivity index (χ0n) is 15.3. The van der Waals surface area contributed by atoms with Crippen LogP contribution in [0.2, 0.25) is 0 Å². The third-order valence-electron chi connectivity index (χ3n) is 4.01. The minimum atomic E-state index is 0.250. The van der Waals surface area contributed by atoms with Gasteiger partial charge >= 0.3 is 0 Å². The average molecular weight is 306 g/mol. The molecule has 22 heavy (non-hydrogen) atoms. The zero-order chi connectivity index (χ0) is 17.0. The topological polar surface area (TPSA) is 40.5 Å². The molecule has 0 heterocycles. The van der Waals surface area contributed by atoms with E-state index in [-0.39, 0.29) is 16.9 Å². The molecule has 2 N–H and O–H groups in total. The first-order valence-electron chi connectivity index (χ1n) is 8.52. The third-order valence-corrected chi connectivity index (χ3v) is 4.01. The van der Waals surface area contributed by atoms with E-state index < -0.39 is 0 Å². The van der Waals surface area contributed by atoms with Gasteiger partial charge in [0.1, 0.15) is 11.5 Å². The van der Waals surface area contributed by atoms with Crippen LogP contribution >= 0.6 is 0 Å². The highest BCUT2D eigenvalue weighted by molar-refractivity contribution is 5.46. The molecule has 1 aromatic carbocycles. The van der Waals surface area contributed by atoms with Gasteiger partial charge in [-0.1, -0.05) is 41.5 Å². The average Bonchev–Trinajstić information content (AvgIpc) is 2.29. The second-order valence-corrected chi connectivity index (χ2v) is 8.94. The van der Waals surface area contributed by atoms with Crippen LogP contribution in [0.5, 0.6) is 11.5 Å². The molecular weight excluding hydrogens is 272 g/mol. The number of benzene rings is 1. The summed E-state index contributed by atoms with van der Waals surface area (Å²) < 4.78 is 0. The second kappa shape index (κ2) is 7.39. The Balaban J connectivity index is 2.63. The SMILES string of the molecule is CC(C)(C)CCCc1cc(O)c(CCCC(C)(C)C)c(O)c1. The van der Waals surface area contributed by atoms with Crippen LogP contribution in [0.3, 0.4) is 0 Å². The standard InChI is InChI=1S/C20H34O2/c1-19(2,3)11-7-9-15-13-17(21)16(18(22)14-15)10-8-12-20(4,5)6/h13-14,21-22H,7-12H2,1-6H3. The number of rotatable bonds is 6. The molecule has 2 nitrogen and oxygen atoms in total. The van der Waals surface area contributed by atoms with Gasteiger partial charge in [0.25, 0.3) is 0 Å². The molecule has 0 saturated heterocycles. The van der Waals surface area contributed by atoms with E-state index in [9.17, 15) is 10.2 Å². The van der Waals surface area contributed by atoms with Gasteiger partial charge in [-0.05, 0) is 67.1 Å². The highest BCUT2D eigenvalue weighted by Crippen LogP contribution is 2.33. The van der Waals surface area contributed by atoms with E-state index in [0.29, 0.717) is 11.0 Å². The quantitative estimate of drug-likeness (QED) is 0.693. The van der Waals surface area contributed by atoms with E-state index in [0.717, 1.165) is 44.1 Å². The summed E-state index contributed by atoms with van der Waals surface area (Å²) in [4.78, 5) is 0. The van der Waals surface area contributed by atoms with E-state index in [2.05, 4.69) is 41.5 Å². The molecule has 0 saturated carbocycles. The molecule has 0 aliphatic rings. The molecule has 2 heteroatoms. The van der Waals surface area contributed by atoms with Crippen molar-refractivity contribution in [1.82, 2.24) is 0 Å². The first-order chi connectivity index (χ1) is 9.98. The van der Waals surface area contributed by atoms with Gasteiger partial charge in [0.15, 0.2) is 0 Å². The smallest absolute Gasteiger partial charge is 0.122 e. The van der Waals surface area contributed by atoms with E-state index in [1.165, 1.54) is 0 Å². The Morgan fingerprint density at radius 1 is 0.727 bits per heavy atom. The van der Waals surface area contributed by atoms with Gasteiger partial charge in [0.05, 0.1) is 0 Å². The molecule has 0 aliphatic heterocycles. The van der Waals surface area contributed by atoms with Crippen molar-refractivity contribution >= 4 is 0 Å². The van der Waals surface area contributed by atoms with Crippen LogP contribution in [0.4, 0.5) is 0 Å². The number of hydrogen-bond acceptors (Lipinski definition) is 2. The first kappa shape index (κ1) is 18.9. The summed E-state index contributed by atoms with van der Waals surface area (Å²) in [6.45, 7) is 13.3. The molecule has 0 fully saturated rings. The van der Waals surface area contributed by atoms with Gasteiger partial charge in [-0.3, -0.25) is 0 Å². The lowest BCUT2D eigenvalue weighted by Gasteiger charge is -2.19. The van der Waals surface area contributed by atoms with Crippen molar-refractivity contribution in [2.24, 2.45) is 10.8 Å². The lowest BCUT2D eigenvalue weighted by atomic mass is 9.88. The van der Waals surface area contributed by atoms with Crippen LogP contribution in [-0.2, 0) is 12.8 Å². The predicted molar refractivity (Wildman–Crippen MR) is 94.6 cm³/mol. The van der Waals surface area contributed by atoms with Crippen LogP contribution in [-0.4, -0.2) is 10.2 Å². The van der Waals surface area contributed by atoms with Crippen LogP contribution in [0.1, 0.15) is 78.4 Å². The van der Waals surface area contributed by atoms with Crippen LogP contribution in [0.25, 0.3) is 0 Å². The Labute approximate surface area is 136 Å². The number of aromatic hydroxyl groups is 2. The Morgan fingerprint density at radius 3 is 1.55 bits per heavy atom. The number of hydrogen-bond donors (Lipinski definition) is 2. The molecule has 0 aromatic heterocycles. The van der Waals surface area contributed by atoms with Crippen molar-refractivity contribution in [3.63, 3.8) is 0 Å². The van der Waals surface area contributed by atoms with E-state index in [1.54, 1.807) is 0 Å². The van der Waals surface area contributed by atoms with Gasteiger partial charge in [-0.25, -0.2) is 0 Å². The van der Waals surface area contributed by atoms with Crippen LogP contribution < -0.4 is 0 Å². The maximum Gasteiger partial charge on any atom is 0.122 e. The van der Waals surface area contributed by atoms with Gasteiger partial charge in [-0.2, -0.15) is 0 Å². The summed E-state index contributed by atoms with van der Waals surface area (Å²) in [5.74, 6) is 0.499. The molecule has 0 unspecified atom stereocenters. The summed E-state index contributed by atoms with van der Waals surface area (Å²) >= 11 is 0. The Hall–Kier alpha value is -1.18. The molecule has 0 spiro atoms. The zero-order valence-corrected chi connectivity index (χ0v) is 15.3. The summed E-state index contributed by atoms with van der Waals surface area (Å²) in [5.41, 5.74) is 2.34. The summed E-state index contributed by atoms with van der Waals surface area (Å²) in [6.07, 6.45) is 5.92. The first-order valence-corrected chi connectivity index (χ1v) is 8.52. The molecule has 0 amide bonds. The van der Waals surface area contributed by atoms with Gasteiger partial charge in [0.2, 0.25) is 0 Å². The van der Waals surface area contributed by atoms with Crippen molar-refractivity contribution in [3.05, 3.63) is 23.3 Å². The summed E-state index contributed by atoms with van der Waals surface area (Å²) in [6, 6.07) is 3.66. The summed E-state index contributed by atoms with van der Waals surface area (Å²) in [7, 11) is 0. The predicted octanol–water partition coefficient (Wildman–Crippen LogP) is 5.84. The van der Waals surface area contributed by atoms with Gasteiger partial charge in [0, 0.05) is 5.56 Å². The van der Waals surface area contributed by atoms with Crippen LogP contribution in [0.15, 0.2) is 12.1 Å². The van der Waals surface area contributed by atoms with Crippen molar-refractivity contribution in [2.45, 2.75) is 80.1 Å². The van der Waals surface area contributed by atoms with E-state index in [1.807, 2.05) is 12.1 Å². The van der Waals surface area contributed by atoms with Crippen molar-refractivity contribution in [1.29, 1.82) is 0 Å². The van der Waals surface area contributed by atoms with Crippen molar-refractivity contribution in [2.75, 3.05) is 0 Å². The van der Waals surface area contributed by atoms with Crippen molar-refractivity contribution < 1.29 is 10.2 Å². The fourth-order valence-electron chi connectivity index (χ4n) is 2.72. The molecule has 1 aromatic rings. The minimum absolute atomic E-state index is 0.250. The maximum absolute atomic E-state index is 10.2. The van der Waals surface area contributed by atoms with E-state index in [4.69, 9.17) is 0 Å². The molecule has 126 valence electrons. The van der Waals surface area contributed by atoms with Crippen LogP contribution in [0, 0.1) is 10.8 Å². The molecule has 0 atom stereocenters. The Kier molecular flexibility index (Phi) is 6.34. The monoisotopic (exact) mass is 306 g/mol. The number of aryl methyl sites for hydroxylation is 1. The van der Waals surface area contributed by atoms with Crippen molar-refractivity contribution in [3.8, 4) is 11.5 Å². The number of phenols is 2. The van der Waals surface area contributed by atoms with Gasteiger partial charge in [-0.15, -0.1) is 0 Å². The Bertz CT molecular complexity index is 452. The highest BCUT2D eigenvalue weighted by Gasteiger charge is 2.14. The fourth-order valence-corrected chi connectivity index (χ4v) is 2.72. The lowest BCUT2D eigenvalue weighted by molar-refractivity contribution is 0.360. The van der Waals surface area contributed by atoms with E-state index >= 15 is 0 Å². The number of phenolic OH excluding ortho intramolecular Hbond substituents is 2. The second-order valence-electron chi connectivity index (χ2n) is 8.94.